The van der Waals surface area contributed by atoms with Crippen LogP contribution in [0.5, 0.6) is 5.75 Å². The minimum Gasteiger partial charge on any atom is -0.493 e. The van der Waals surface area contributed by atoms with Gasteiger partial charge in [-0.05, 0) is 50.2 Å². The molecule has 0 spiro atoms. The number of methoxy groups -OCH3 is 1. The van der Waals surface area contributed by atoms with E-state index in [1.54, 1.807) is 19.2 Å². The highest BCUT2D eigenvalue weighted by Gasteiger charge is 2.32. The van der Waals surface area contributed by atoms with Crippen LogP contribution in [0.4, 0.5) is 4.39 Å². The van der Waals surface area contributed by atoms with Crippen molar-refractivity contribution in [2.45, 2.75) is 19.3 Å². The monoisotopic (exact) mass is 324 g/mol. The summed E-state index contributed by atoms with van der Waals surface area (Å²) in [6.07, 6.45) is 2.26. The number of rotatable bonds is 8. The van der Waals surface area contributed by atoms with E-state index in [1.165, 1.54) is 12.1 Å². The highest BCUT2D eigenvalue weighted by atomic mass is 19.1. The van der Waals surface area contributed by atoms with Crippen LogP contribution in [0.25, 0.3) is 0 Å². The lowest BCUT2D eigenvalue weighted by molar-refractivity contribution is -0.122. The molecule has 6 heteroatoms. The van der Waals surface area contributed by atoms with E-state index in [0.29, 0.717) is 18.9 Å². The quantitative estimate of drug-likeness (QED) is 0.764. The van der Waals surface area contributed by atoms with Crippen LogP contribution in [0.2, 0.25) is 0 Å². The van der Waals surface area contributed by atoms with Crippen LogP contribution >= 0.6 is 0 Å². The van der Waals surface area contributed by atoms with E-state index in [4.69, 9.17) is 9.47 Å². The third-order valence-electron chi connectivity index (χ3n) is 4.19. The number of carbonyl (C=O) groups excluding carboxylic acids is 1. The first-order chi connectivity index (χ1) is 11.1. The second kappa shape index (κ2) is 8.84. The fourth-order valence-electron chi connectivity index (χ4n) is 2.80. The molecule has 0 radical (unpaired) electrons. The maximum atomic E-state index is 12.8. The van der Waals surface area contributed by atoms with Gasteiger partial charge in [-0.3, -0.25) is 4.79 Å². The summed E-state index contributed by atoms with van der Waals surface area (Å²) in [6, 6.07) is 5.77. The molecule has 0 aromatic heterocycles. The molecule has 1 aliphatic rings. The molecule has 23 heavy (non-hydrogen) atoms. The summed E-state index contributed by atoms with van der Waals surface area (Å²) in [5.74, 6) is 0.218. The van der Waals surface area contributed by atoms with Crippen LogP contribution in [-0.4, -0.2) is 45.9 Å². The van der Waals surface area contributed by atoms with Gasteiger partial charge in [0.15, 0.2) is 0 Å². The number of hydrogen-bond donors (Lipinski definition) is 2. The van der Waals surface area contributed by atoms with Gasteiger partial charge in [-0.25, -0.2) is 4.39 Å². The third-order valence-corrected chi connectivity index (χ3v) is 4.19. The summed E-state index contributed by atoms with van der Waals surface area (Å²) in [5.41, 5.74) is 0.0213. The normalized spacial score (nSPS) is 16.8. The highest BCUT2D eigenvalue weighted by molar-refractivity contribution is 5.76. The average molecular weight is 324 g/mol. The Balaban J connectivity index is 1.70. The Bertz CT molecular complexity index is 482. The van der Waals surface area contributed by atoms with Crippen molar-refractivity contribution in [3.8, 4) is 5.75 Å². The molecule has 2 N–H and O–H groups in total. The van der Waals surface area contributed by atoms with E-state index in [9.17, 15) is 9.18 Å². The van der Waals surface area contributed by atoms with Crippen LogP contribution in [-0.2, 0) is 9.53 Å². The minimum atomic E-state index is -0.305. The molecule has 0 saturated carbocycles. The van der Waals surface area contributed by atoms with Crippen molar-refractivity contribution in [3.63, 3.8) is 0 Å². The van der Waals surface area contributed by atoms with Gasteiger partial charge in [0.25, 0.3) is 0 Å². The molecular weight excluding hydrogens is 299 g/mol. The van der Waals surface area contributed by atoms with E-state index >= 15 is 0 Å². The first kappa shape index (κ1) is 17.7. The van der Waals surface area contributed by atoms with Gasteiger partial charge in [0.2, 0.25) is 5.91 Å². The lowest BCUT2D eigenvalue weighted by Crippen LogP contribution is -2.47. The van der Waals surface area contributed by atoms with Gasteiger partial charge in [-0.2, -0.15) is 0 Å². The fourth-order valence-corrected chi connectivity index (χ4v) is 2.80. The molecule has 2 rings (SSSR count). The Morgan fingerprint density at radius 1 is 1.30 bits per heavy atom. The van der Waals surface area contributed by atoms with Crippen LogP contribution in [0, 0.1) is 11.2 Å². The van der Waals surface area contributed by atoms with Crippen molar-refractivity contribution in [1.82, 2.24) is 10.6 Å². The highest BCUT2D eigenvalue weighted by Crippen LogP contribution is 2.28. The lowest BCUT2D eigenvalue weighted by Gasteiger charge is -2.37. The smallest absolute Gasteiger partial charge is 0.223 e. The average Bonchev–Trinajstić information content (AvgIpc) is 2.56. The fraction of sp³-hybridized carbons (Fsp3) is 0.588. The number of hydrogen-bond acceptors (Lipinski definition) is 4. The summed E-state index contributed by atoms with van der Waals surface area (Å²) >= 11 is 0. The first-order valence-corrected chi connectivity index (χ1v) is 7.98. The van der Waals surface area contributed by atoms with Crippen molar-refractivity contribution in [2.24, 2.45) is 5.41 Å². The predicted octanol–water partition coefficient (Wildman–Crippen LogP) is 1.73. The largest absolute Gasteiger partial charge is 0.493 e. The molecule has 1 aliphatic heterocycles. The number of nitrogens with one attached hydrogen (secondary N) is 2. The Labute approximate surface area is 136 Å². The molecular formula is C17H25FN2O3. The van der Waals surface area contributed by atoms with Crippen molar-refractivity contribution in [3.05, 3.63) is 30.1 Å². The van der Waals surface area contributed by atoms with Gasteiger partial charge in [0, 0.05) is 19.1 Å². The Hall–Kier alpha value is -1.66. The van der Waals surface area contributed by atoms with Gasteiger partial charge in [0.1, 0.15) is 11.6 Å². The van der Waals surface area contributed by atoms with Crippen molar-refractivity contribution in [2.75, 3.05) is 40.0 Å². The number of halogens is 1. The van der Waals surface area contributed by atoms with Gasteiger partial charge in [0.05, 0.1) is 19.6 Å². The van der Waals surface area contributed by atoms with Crippen LogP contribution in [0.3, 0.4) is 0 Å². The first-order valence-electron chi connectivity index (χ1n) is 7.98. The number of piperidine rings is 1. The zero-order valence-electron chi connectivity index (χ0n) is 13.6. The van der Waals surface area contributed by atoms with Crippen molar-refractivity contribution >= 4 is 5.91 Å². The van der Waals surface area contributed by atoms with E-state index in [2.05, 4.69) is 10.6 Å². The molecule has 128 valence electrons. The summed E-state index contributed by atoms with van der Waals surface area (Å²) < 4.78 is 23.5. The standard InChI is InChI=1S/C17H25FN2O3/c1-22-13-17(7-9-19-10-8-17)12-20-16(21)6-11-23-15-4-2-14(18)3-5-15/h2-5,19H,6-13H2,1H3,(H,20,21). The molecule has 1 amide bonds. The zero-order valence-corrected chi connectivity index (χ0v) is 13.6. The molecule has 1 aromatic carbocycles. The van der Waals surface area contributed by atoms with E-state index in [-0.39, 0.29) is 30.2 Å². The minimum absolute atomic E-state index is 0.0213. The van der Waals surface area contributed by atoms with Crippen LogP contribution in [0.1, 0.15) is 19.3 Å². The van der Waals surface area contributed by atoms with Crippen molar-refractivity contribution < 1.29 is 18.7 Å². The van der Waals surface area contributed by atoms with Crippen LogP contribution < -0.4 is 15.4 Å². The predicted molar refractivity (Wildman–Crippen MR) is 85.9 cm³/mol. The van der Waals surface area contributed by atoms with Crippen LogP contribution in [0.15, 0.2) is 24.3 Å². The second-order valence-corrected chi connectivity index (χ2v) is 6.01. The summed E-state index contributed by atoms with van der Waals surface area (Å²) in [7, 11) is 1.70. The maximum Gasteiger partial charge on any atom is 0.223 e. The number of ether oxygens (including phenoxy) is 2. The molecule has 1 saturated heterocycles. The topological polar surface area (TPSA) is 59.6 Å². The molecule has 0 atom stereocenters. The van der Waals surface area contributed by atoms with E-state index in [0.717, 1.165) is 25.9 Å². The number of carbonyl (C=O) groups is 1. The Morgan fingerprint density at radius 2 is 2.00 bits per heavy atom. The summed E-state index contributed by atoms with van der Waals surface area (Å²) in [4.78, 5) is 12.0. The van der Waals surface area contributed by atoms with E-state index in [1.807, 2.05) is 0 Å². The molecule has 1 aromatic rings. The van der Waals surface area contributed by atoms with Gasteiger partial charge in [-0.15, -0.1) is 0 Å². The molecule has 1 fully saturated rings. The molecule has 5 nitrogen and oxygen atoms in total. The lowest BCUT2D eigenvalue weighted by atomic mass is 9.79. The number of benzene rings is 1. The zero-order chi connectivity index (χ0) is 16.5. The maximum absolute atomic E-state index is 12.8. The van der Waals surface area contributed by atoms with E-state index < -0.39 is 0 Å². The molecule has 1 heterocycles. The molecule has 0 bridgehead atoms. The second-order valence-electron chi connectivity index (χ2n) is 6.01. The van der Waals surface area contributed by atoms with Crippen molar-refractivity contribution in [1.29, 1.82) is 0 Å². The van der Waals surface area contributed by atoms with Gasteiger partial charge in [-0.1, -0.05) is 0 Å². The SMILES string of the molecule is COCC1(CNC(=O)CCOc2ccc(F)cc2)CCNCC1. The van der Waals surface area contributed by atoms with Gasteiger partial charge >= 0.3 is 0 Å². The Morgan fingerprint density at radius 3 is 2.65 bits per heavy atom. The summed E-state index contributed by atoms with van der Waals surface area (Å²) in [5, 5.41) is 6.31. The Kier molecular flexibility index (Phi) is 6.80. The molecule has 0 unspecified atom stereocenters. The number of amides is 1. The summed E-state index contributed by atoms with van der Waals surface area (Å²) in [6.45, 7) is 3.45. The molecule has 0 aliphatic carbocycles. The van der Waals surface area contributed by atoms with Gasteiger partial charge < -0.3 is 20.1 Å². The third kappa shape index (κ3) is 5.80.